The fraction of sp³-hybridized carbons (Fsp3) is 0.158. The molecule has 0 saturated heterocycles. The van der Waals surface area contributed by atoms with Crippen LogP contribution in [0.3, 0.4) is 0 Å². The molecule has 6 nitrogen and oxygen atoms in total. The highest BCUT2D eigenvalue weighted by atomic mass is 16.7. The molecule has 0 saturated carbocycles. The normalized spacial score (nSPS) is 12.2. The first kappa shape index (κ1) is 16.6. The fourth-order valence-corrected chi connectivity index (χ4v) is 2.20. The zero-order valence-corrected chi connectivity index (χ0v) is 13.7. The summed E-state index contributed by atoms with van der Waals surface area (Å²) in [6, 6.07) is 12.7. The molecule has 0 radical (unpaired) electrons. The van der Waals surface area contributed by atoms with E-state index in [1.54, 1.807) is 24.3 Å². The van der Waals surface area contributed by atoms with Crippen molar-refractivity contribution in [3.63, 3.8) is 0 Å². The molecule has 0 bridgehead atoms. The lowest BCUT2D eigenvalue weighted by Crippen LogP contribution is -2.20. The summed E-state index contributed by atoms with van der Waals surface area (Å²) in [6.07, 6.45) is 2.93. The van der Waals surface area contributed by atoms with Gasteiger partial charge in [0, 0.05) is 17.8 Å². The highest BCUT2D eigenvalue weighted by Crippen LogP contribution is 2.34. The molecule has 6 heteroatoms. The number of nitrogens with one attached hydrogen (secondary N) is 1. The minimum Gasteiger partial charge on any atom is -0.454 e. The lowest BCUT2D eigenvalue weighted by Gasteiger charge is -2.06. The second-order valence-corrected chi connectivity index (χ2v) is 5.47. The molecule has 0 atom stereocenters. The van der Waals surface area contributed by atoms with Crippen LogP contribution in [-0.2, 0) is 14.3 Å². The van der Waals surface area contributed by atoms with E-state index in [0.717, 1.165) is 11.1 Å². The minimum absolute atomic E-state index is 0.164. The van der Waals surface area contributed by atoms with Crippen LogP contribution in [0.1, 0.15) is 11.1 Å². The second kappa shape index (κ2) is 7.53. The van der Waals surface area contributed by atoms with Gasteiger partial charge in [0.15, 0.2) is 18.1 Å². The van der Waals surface area contributed by atoms with Gasteiger partial charge in [0.05, 0.1) is 0 Å². The van der Waals surface area contributed by atoms with Crippen molar-refractivity contribution in [1.29, 1.82) is 0 Å². The number of ether oxygens (including phenoxy) is 3. The van der Waals surface area contributed by atoms with Crippen molar-refractivity contribution in [3.8, 4) is 11.5 Å². The van der Waals surface area contributed by atoms with Gasteiger partial charge in [0.2, 0.25) is 6.79 Å². The van der Waals surface area contributed by atoms with Crippen molar-refractivity contribution in [2.24, 2.45) is 0 Å². The topological polar surface area (TPSA) is 73.9 Å². The molecular formula is C19H17NO5. The van der Waals surface area contributed by atoms with E-state index >= 15 is 0 Å². The molecule has 1 amide bonds. The summed E-state index contributed by atoms with van der Waals surface area (Å²) in [5, 5.41) is 2.63. The standard InChI is InChI=1S/C19H17NO5/c1-13-2-4-14(5-3-13)6-9-19(22)23-11-18(21)20-15-7-8-16-17(10-15)25-12-24-16/h2-10H,11-12H2,1H3,(H,20,21)/b9-6+. The monoisotopic (exact) mass is 339 g/mol. The Morgan fingerprint density at radius 2 is 1.88 bits per heavy atom. The van der Waals surface area contributed by atoms with E-state index in [1.165, 1.54) is 6.08 Å². The summed E-state index contributed by atoms with van der Waals surface area (Å²) in [5.74, 6) is 0.179. The second-order valence-electron chi connectivity index (χ2n) is 5.47. The number of aryl methyl sites for hydroxylation is 1. The van der Waals surface area contributed by atoms with Gasteiger partial charge in [-0.1, -0.05) is 29.8 Å². The zero-order chi connectivity index (χ0) is 17.6. The molecule has 0 aliphatic carbocycles. The third-order valence-electron chi connectivity index (χ3n) is 3.49. The van der Waals surface area contributed by atoms with Crippen molar-refractivity contribution < 1.29 is 23.8 Å². The Hall–Kier alpha value is -3.28. The van der Waals surface area contributed by atoms with Crippen LogP contribution in [0.5, 0.6) is 11.5 Å². The van der Waals surface area contributed by atoms with Crippen LogP contribution in [-0.4, -0.2) is 25.3 Å². The molecule has 0 spiro atoms. The van der Waals surface area contributed by atoms with Crippen molar-refractivity contribution >= 4 is 23.6 Å². The van der Waals surface area contributed by atoms with Crippen LogP contribution in [0.4, 0.5) is 5.69 Å². The van der Waals surface area contributed by atoms with E-state index in [-0.39, 0.29) is 13.4 Å². The third-order valence-corrected chi connectivity index (χ3v) is 3.49. The fourth-order valence-electron chi connectivity index (χ4n) is 2.20. The average Bonchev–Trinajstić information content (AvgIpc) is 3.07. The summed E-state index contributed by atoms with van der Waals surface area (Å²) in [5.41, 5.74) is 2.56. The number of rotatable bonds is 5. The lowest BCUT2D eigenvalue weighted by atomic mass is 10.1. The van der Waals surface area contributed by atoms with E-state index in [4.69, 9.17) is 14.2 Å². The van der Waals surface area contributed by atoms with Crippen molar-refractivity contribution in [2.75, 3.05) is 18.7 Å². The molecule has 0 unspecified atom stereocenters. The molecule has 25 heavy (non-hydrogen) atoms. The number of anilines is 1. The summed E-state index contributed by atoms with van der Waals surface area (Å²) < 4.78 is 15.3. The summed E-state index contributed by atoms with van der Waals surface area (Å²) in [4.78, 5) is 23.5. The maximum Gasteiger partial charge on any atom is 0.331 e. The first-order chi connectivity index (χ1) is 12.1. The molecule has 0 aromatic heterocycles. The van der Waals surface area contributed by atoms with E-state index in [0.29, 0.717) is 17.2 Å². The number of benzene rings is 2. The van der Waals surface area contributed by atoms with Crippen LogP contribution in [0.25, 0.3) is 6.08 Å². The predicted molar refractivity (Wildman–Crippen MR) is 92.4 cm³/mol. The maximum atomic E-state index is 11.8. The van der Waals surface area contributed by atoms with Crippen LogP contribution in [0.15, 0.2) is 48.5 Å². The van der Waals surface area contributed by atoms with Crippen LogP contribution in [0.2, 0.25) is 0 Å². The number of carbonyl (C=O) groups excluding carboxylic acids is 2. The van der Waals surface area contributed by atoms with Gasteiger partial charge in [-0.25, -0.2) is 4.79 Å². The number of fused-ring (bicyclic) bond motifs is 1. The highest BCUT2D eigenvalue weighted by molar-refractivity contribution is 5.94. The number of hydrogen-bond donors (Lipinski definition) is 1. The molecular weight excluding hydrogens is 322 g/mol. The Labute approximate surface area is 145 Å². The lowest BCUT2D eigenvalue weighted by molar-refractivity contribution is -0.142. The van der Waals surface area contributed by atoms with Gasteiger partial charge in [-0.05, 0) is 30.7 Å². The maximum absolute atomic E-state index is 11.8. The van der Waals surface area contributed by atoms with E-state index in [2.05, 4.69) is 5.32 Å². The van der Waals surface area contributed by atoms with Crippen molar-refractivity contribution in [3.05, 3.63) is 59.7 Å². The molecule has 0 fully saturated rings. The molecule has 2 aromatic rings. The molecule has 3 rings (SSSR count). The average molecular weight is 339 g/mol. The van der Waals surface area contributed by atoms with Crippen molar-refractivity contribution in [1.82, 2.24) is 0 Å². The van der Waals surface area contributed by atoms with E-state index < -0.39 is 11.9 Å². The zero-order valence-electron chi connectivity index (χ0n) is 13.7. The SMILES string of the molecule is Cc1ccc(/C=C/C(=O)OCC(=O)Nc2ccc3c(c2)OCO3)cc1. The third kappa shape index (κ3) is 4.60. The Morgan fingerprint density at radius 3 is 2.68 bits per heavy atom. The molecule has 128 valence electrons. The minimum atomic E-state index is -0.582. The van der Waals surface area contributed by atoms with Gasteiger partial charge in [0.25, 0.3) is 5.91 Å². The Morgan fingerprint density at radius 1 is 1.12 bits per heavy atom. The Kier molecular flexibility index (Phi) is 4.99. The van der Waals surface area contributed by atoms with E-state index in [1.807, 2.05) is 31.2 Å². The molecule has 1 N–H and O–H groups in total. The Balaban J connectivity index is 1.47. The summed E-state index contributed by atoms with van der Waals surface area (Å²) in [6.45, 7) is 1.78. The van der Waals surface area contributed by atoms with Crippen molar-refractivity contribution in [2.45, 2.75) is 6.92 Å². The number of esters is 1. The largest absolute Gasteiger partial charge is 0.454 e. The summed E-state index contributed by atoms with van der Waals surface area (Å²) >= 11 is 0. The number of carbonyl (C=O) groups is 2. The van der Waals surface area contributed by atoms with Crippen LogP contribution in [0, 0.1) is 6.92 Å². The molecule has 1 heterocycles. The molecule has 2 aromatic carbocycles. The summed E-state index contributed by atoms with van der Waals surface area (Å²) in [7, 11) is 0. The van der Waals surface area contributed by atoms with Gasteiger partial charge >= 0.3 is 5.97 Å². The van der Waals surface area contributed by atoms with Gasteiger partial charge in [0.1, 0.15) is 0 Å². The van der Waals surface area contributed by atoms with Crippen LogP contribution < -0.4 is 14.8 Å². The molecule has 1 aliphatic rings. The highest BCUT2D eigenvalue weighted by Gasteiger charge is 2.14. The van der Waals surface area contributed by atoms with Gasteiger partial charge in [-0.3, -0.25) is 4.79 Å². The smallest absolute Gasteiger partial charge is 0.331 e. The van der Waals surface area contributed by atoms with Gasteiger partial charge in [-0.2, -0.15) is 0 Å². The van der Waals surface area contributed by atoms with Gasteiger partial charge < -0.3 is 19.5 Å². The number of amides is 1. The Bertz CT molecular complexity index is 811. The number of hydrogen-bond acceptors (Lipinski definition) is 5. The van der Waals surface area contributed by atoms with E-state index in [9.17, 15) is 9.59 Å². The first-order valence-corrected chi connectivity index (χ1v) is 7.71. The van der Waals surface area contributed by atoms with Crippen LogP contribution >= 0.6 is 0 Å². The quantitative estimate of drug-likeness (QED) is 0.670. The predicted octanol–water partition coefficient (Wildman–Crippen LogP) is 2.92. The first-order valence-electron chi connectivity index (χ1n) is 7.71. The van der Waals surface area contributed by atoms with Gasteiger partial charge in [-0.15, -0.1) is 0 Å². The molecule has 1 aliphatic heterocycles.